The molecular weight excluding hydrogens is 210 g/mol. The van der Waals surface area contributed by atoms with Crippen molar-refractivity contribution >= 4 is 11.4 Å². The zero-order chi connectivity index (χ0) is 12.1. The molecule has 1 heterocycles. The van der Waals surface area contributed by atoms with E-state index in [1.807, 2.05) is 0 Å². The van der Waals surface area contributed by atoms with Gasteiger partial charge in [-0.1, -0.05) is 13.2 Å². The molecule has 1 aromatic heterocycles. The summed E-state index contributed by atoms with van der Waals surface area (Å²) in [6.45, 7) is 7.11. The zero-order valence-electron chi connectivity index (χ0n) is 8.77. The summed E-state index contributed by atoms with van der Waals surface area (Å²) in [7, 11) is 1.43. The summed E-state index contributed by atoms with van der Waals surface area (Å²) in [4.78, 5) is 13.9. The monoisotopic (exact) mass is 221 g/mol. The number of aromatic nitrogens is 1. The van der Waals surface area contributed by atoms with E-state index in [1.165, 1.54) is 19.3 Å². The van der Waals surface area contributed by atoms with Crippen LogP contribution in [-0.4, -0.2) is 17.0 Å². The molecule has 1 aromatic rings. The van der Waals surface area contributed by atoms with E-state index in [0.29, 0.717) is 5.70 Å². The van der Waals surface area contributed by atoms with Gasteiger partial charge in [0, 0.05) is 11.8 Å². The van der Waals surface area contributed by atoms with Gasteiger partial charge in [0.15, 0.2) is 0 Å². The van der Waals surface area contributed by atoms with Crippen LogP contribution in [0.25, 0.3) is 0 Å². The maximum Gasteiger partial charge on any atom is 0.311 e. The molecule has 1 rings (SSSR count). The molecule has 16 heavy (non-hydrogen) atoms. The number of nitrogens with zero attached hydrogens (tertiary/aromatic N) is 2. The van der Waals surface area contributed by atoms with Crippen LogP contribution in [0.3, 0.4) is 0 Å². The Hall–Kier alpha value is -2.37. The summed E-state index contributed by atoms with van der Waals surface area (Å²) in [5.74, 6) is 0.282. The highest BCUT2D eigenvalue weighted by Crippen LogP contribution is 2.27. The van der Waals surface area contributed by atoms with E-state index in [9.17, 15) is 10.1 Å². The van der Waals surface area contributed by atoms with Crippen LogP contribution in [0.5, 0.6) is 5.88 Å². The first kappa shape index (κ1) is 11.7. The molecule has 0 aromatic carbocycles. The van der Waals surface area contributed by atoms with Gasteiger partial charge in [0.1, 0.15) is 11.9 Å². The molecule has 0 amide bonds. The third-order valence-corrected chi connectivity index (χ3v) is 1.81. The van der Waals surface area contributed by atoms with Gasteiger partial charge in [-0.05, 0) is 6.08 Å². The number of methoxy groups -OCH3 is 1. The molecule has 84 valence electrons. The highest BCUT2D eigenvalue weighted by atomic mass is 16.6. The highest BCUT2D eigenvalue weighted by Gasteiger charge is 2.15. The summed E-state index contributed by atoms with van der Waals surface area (Å²) in [5, 5.41) is 13.5. The first-order valence-corrected chi connectivity index (χ1v) is 4.35. The van der Waals surface area contributed by atoms with Gasteiger partial charge in [-0.2, -0.15) is 0 Å². The molecular formula is C10H11N3O3. The van der Waals surface area contributed by atoms with Crippen molar-refractivity contribution in [3.63, 3.8) is 0 Å². The van der Waals surface area contributed by atoms with Crippen molar-refractivity contribution in [3.8, 4) is 5.88 Å². The summed E-state index contributed by atoms with van der Waals surface area (Å²) in [6, 6.07) is 1.42. The normalized spacial score (nSPS) is 9.31. The molecule has 1 N–H and O–H groups in total. The molecule has 0 bridgehead atoms. The Labute approximate surface area is 92.4 Å². The fraction of sp³-hybridized carbons (Fsp3) is 0.100. The predicted molar refractivity (Wildman–Crippen MR) is 60.4 cm³/mol. The molecule has 0 radical (unpaired) electrons. The quantitative estimate of drug-likeness (QED) is 0.468. The molecule has 0 aliphatic rings. The average molecular weight is 221 g/mol. The Morgan fingerprint density at radius 2 is 2.44 bits per heavy atom. The van der Waals surface area contributed by atoms with Crippen LogP contribution in [0.15, 0.2) is 37.2 Å². The summed E-state index contributed by atoms with van der Waals surface area (Å²) >= 11 is 0. The number of anilines is 1. The number of nitro groups is 1. The van der Waals surface area contributed by atoms with Gasteiger partial charge in [0.05, 0.1) is 12.0 Å². The minimum absolute atomic E-state index is 0.149. The van der Waals surface area contributed by atoms with E-state index in [4.69, 9.17) is 4.74 Å². The van der Waals surface area contributed by atoms with E-state index in [1.54, 1.807) is 0 Å². The molecule has 0 fully saturated rings. The summed E-state index contributed by atoms with van der Waals surface area (Å²) in [5.41, 5.74) is 0.571. The van der Waals surface area contributed by atoms with Crippen LogP contribution in [0.1, 0.15) is 0 Å². The molecule has 0 spiro atoms. The third kappa shape index (κ3) is 2.57. The van der Waals surface area contributed by atoms with Crippen LogP contribution in [0.4, 0.5) is 11.4 Å². The third-order valence-electron chi connectivity index (χ3n) is 1.81. The number of pyridine rings is 1. The standard InChI is InChI=1S/C10H11N3O3/c1-4-7(2)12-8-5-10(16-3)11-6-9(8)13(14)15/h4-6H,1-2H2,3H3,(H,11,12). The molecule has 6 nitrogen and oxygen atoms in total. The first-order valence-electron chi connectivity index (χ1n) is 4.35. The second-order valence-electron chi connectivity index (χ2n) is 2.86. The summed E-state index contributed by atoms with van der Waals surface area (Å²) in [6.07, 6.45) is 2.58. The Bertz CT molecular complexity index is 443. The molecule has 0 atom stereocenters. The van der Waals surface area contributed by atoms with E-state index in [2.05, 4.69) is 23.5 Å². The molecule has 0 aliphatic carbocycles. The number of hydrogen-bond acceptors (Lipinski definition) is 5. The average Bonchev–Trinajstić information content (AvgIpc) is 2.28. The van der Waals surface area contributed by atoms with Crippen LogP contribution in [0, 0.1) is 10.1 Å². The number of nitrogens with one attached hydrogen (secondary N) is 1. The Balaban J connectivity index is 3.14. The van der Waals surface area contributed by atoms with Gasteiger partial charge >= 0.3 is 5.69 Å². The molecule has 0 aliphatic heterocycles. The minimum Gasteiger partial charge on any atom is -0.481 e. The summed E-state index contributed by atoms with van der Waals surface area (Å²) < 4.78 is 4.88. The smallest absolute Gasteiger partial charge is 0.311 e. The van der Waals surface area contributed by atoms with Gasteiger partial charge in [0.2, 0.25) is 5.88 Å². The lowest BCUT2D eigenvalue weighted by atomic mass is 10.3. The van der Waals surface area contributed by atoms with Crippen LogP contribution in [0.2, 0.25) is 0 Å². The van der Waals surface area contributed by atoms with Gasteiger partial charge in [-0.3, -0.25) is 10.1 Å². The van der Waals surface area contributed by atoms with Crippen LogP contribution in [-0.2, 0) is 0 Å². The molecule has 0 saturated heterocycles. The zero-order valence-corrected chi connectivity index (χ0v) is 8.77. The van der Waals surface area contributed by atoms with E-state index in [-0.39, 0.29) is 17.3 Å². The van der Waals surface area contributed by atoms with Crippen molar-refractivity contribution in [1.29, 1.82) is 0 Å². The molecule has 0 unspecified atom stereocenters. The van der Waals surface area contributed by atoms with E-state index in [0.717, 1.165) is 6.20 Å². The van der Waals surface area contributed by atoms with Gasteiger partial charge in [0.25, 0.3) is 0 Å². The minimum atomic E-state index is -0.537. The van der Waals surface area contributed by atoms with Crippen molar-refractivity contribution in [2.24, 2.45) is 0 Å². The van der Waals surface area contributed by atoms with Gasteiger partial charge < -0.3 is 10.1 Å². The second kappa shape index (κ2) is 4.92. The van der Waals surface area contributed by atoms with Crippen LogP contribution < -0.4 is 10.1 Å². The molecule has 6 heteroatoms. The molecule has 0 saturated carbocycles. The lowest BCUT2D eigenvalue weighted by molar-refractivity contribution is -0.384. The topological polar surface area (TPSA) is 77.3 Å². The van der Waals surface area contributed by atoms with Gasteiger partial charge in [-0.25, -0.2) is 4.98 Å². The van der Waals surface area contributed by atoms with Crippen LogP contribution >= 0.6 is 0 Å². The van der Waals surface area contributed by atoms with Crippen molar-refractivity contribution in [2.75, 3.05) is 12.4 Å². The number of allylic oxidation sites excluding steroid dienone is 1. The lowest BCUT2D eigenvalue weighted by Gasteiger charge is -2.07. The predicted octanol–water partition coefficient (Wildman–Crippen LogP) is 2.11. The second-order valence-corrected chi connectivity index (χ2v) is 2.86. The van der Waals surface area contributed by atoms with Gasteiger partial charge in [-0.15, -0.1) is 0 Å². The number of rotatable bonds is 5. The maximum atomic E-state index is 10.7. The lowest BCUT2D eigenvalue weighted by Crippen LogP contribution is -2.01. The van der Waals surface area contributed by atoms with E-state index >= 15 is 0 Å². The van der Waals surface area contributed by atoms with E-state index < -0.39 is 4.92 Å². The van der Waals surface area contributed by atoms with Crippen molar-refractivity contribution in [1.82, 2.24) is 4.98 Å². The largest absolute Gasteiger partial charge is 0.481 e. The Morgan fingerprint density at radius 3 is 2.94 bits per heavy atom. The Morgan fingerprint density at radius 1 is 1.75 bits per heavy atom. The SMILES string of the molecule is C=CC(=C)Nc1cc(OC)ncc1[N+](=O)[O-]. The Kier molecular flexibility index (Phi) is 3.60. The van der Waals surface area contributed by atoms with Crippen molar-refractivity contribution in [2.45, 2.75) is 0 Å². The fourth-order valence-electron chi connectivity index (χ4n) is 1.01. The van der Waals surface area contributed by atoms with Crippen molar-refractivity contribution in [3.05, 3.63) is 47.3 Å². The fourth-order valence-corrected chi connectivity index (χ4v) is 1.01. The first-order chi connectivity index (χ1) is 7.58. The number of ether oxygens (including phenoxy) is 1. The number of hydrogen-bond donors (Lipinski definition) is 1. The highest BCUT2D eigenvalue weighted by molar-refractivity contribution is 5.65. The maximum absolute atomic E-state index is 10.7. The van der Waals surface area contributed by atoms with Crippen molar-refractivity contribution < 1.29 is 9.66 Å².